The number of nitrogens with zero attached hydrogens (tertiary/aromatic N) is 3. The number of aliphatic imine (C=N–C) groups is 1. The predicted octanol–water partition coefficient (Wildman–Crippen LogP) is 2.49. The highest BCUT2D eigenvalue weighted by Crippen LogP contribution is 2.15. The number of thiazole rings is 1. The molecule has 1 aliphatic rings. The largest absolute Gasteiger partial charge is 0.379 e. The SMILES string of the molecule is CCNC(=NCc1csc(CC)n1)NCC(C)(C)N1CCOCC1.I. The van der Waals surface area contributed by atoms with Gasteiger partial charge in [-0.05, 0) is 27.2 Å². The van der Waals surface area contributed by atoms with Gasteiger partial charge in [0.15, 0.2) is 5.96 Å². The highest BCUT2D eigenvalue weighted by molar-refractivity contribution is 14.0. The van der Waals surface area contributed by atoms with Crippen molar-refractivity contribution in [3.05, 3.63) is 16.1 Å². The molecule has 25 heavy (non-hydrogen) atoms. The van der Waals surface area contributed by atoms with Crippen LogP contribution in [0.4, 0.5) is 0 Å². The topological polar surface area (TPSA) is 61.8 Å². The van der Waals surface area contributed by atoms with Gasteiger partial charge in [-0.25, -0.2) is 9.98 Å². The number of hydrogen-bond donors (Lipinski definition) is 2. The average molecular weight is 481 g/mol. The van der Waals surface area contributed by atoms with Crippen molar-refractivity contribution in [1.29, 1.82) is 0 Å². The van der Waals surface area contributed by atoms with Gasteiger partial charge in [0.05, 0.1) is 30.5 Å². The number of guanidine groups is 1. The zero-order valence-electron chi connectivity index (χ0n) is 15.8. The van der Waals surface area contributed by atoms with E-state index in [2.05, 4.69) is 58.6 Å². The minimum Gasteiger partial charge on any atom is -0.379 e. The Hall–Kier alpha value is -0.450. The van der Waals surface area contributed by atoms with E-state index in [-0.39, 0.29) is 29.5 Å². The number of ether oxygens (including phenoxy) is 1. The molecule has 0 amide bonds. The van der Waals surface area contributed by atoms with E-state index in [9.17, 15) is 0 Å². The molecule has 0 unspecified atom stereocenters. The first-order valence-corrected chi connectivity index (χ1v) is 9.71. The number of halogens is 1. The van der Waals surface area contributed by atoms with E-state index in [1.807, 2.05) is 0 Å². The minimum absolute atomic E-state index is 0. The van der Waals surface area contributed by atoms with Gasteiger partial charge in [-0.15, -0.1) is 35.3 Å². The first kappa shape index (κ1) is 22.6. The third-order valence-electron chi connectivity index (χ3n) is 4.20. The van der Waals surface area contributed by atoms with Crippen LogP contribution in [-0.2, 0) is 17.7 Å². The van der Waals surface area contributed by atoms with E-state index in [0.29, 0.717) is 6.54 Å². The summed E-state index contributed by atoms with van der Waals surface area (Å²) in [6, 6.07) is 0. The van der Waals surface area contributed by atoms with Crippen LogP contribution in [0.5, 0.6) is 0 Å². The summed E-state index contributed by atoms with van der Waals surface area (Å²) in [5, 5.41) is 10.1. The van der Waals surface area contributed by atoms with Crippen molar-refractivity contribution in [1.82, 2.24) is 20.5 Å². The van der Waals surface area contributed by atoms with Crippen LogP contribution >= 0.6 is 35.3 Å². The molecule has 1 aromatic rings. The highest BCUT2D eigenvalue weighted by atomic mass is 127. The zero-order valence-corrected chi connectivity index (χ0v) is 18.9. The number of rotatable bonds is 7. The molecule has 2 N–H and O–H groups in total. The summed E-state index contributed by atoms with van der Waals surface area (Å²) < 4.78 is 5.45. The lowest BCUT2D eigenvalue weighted by Crippen LogP contribution is -2.56. The fourth-order valence-corrected chi connectivity index (χ4v) is 3.40. The maximum atomic E-state index is 5.45. The quantitative estimate of drug-likeness (QED) is 0.356. The van der Waals surface area contributed by atoms with Crippen LogP contribution in [0.3, 0.4) is 0 Å². The van der Waals surface area contributed by atoms with Crippen LogP contribution in [0.2, 0.25) is 0 Å². The molecular formula is C17H32IN5OS. The molecule has 0 radical (unpaired) electrons. The molecule has 0 aromatic carbocycles. The molecule has 2 rings (SSSR count). The molecule has 1 aromatic heterocycles. The van der Waals surface area contributed by atoms with Gasteiger partial charge in [-0.1, -0.05) is 6.92 Å². The van der Waals surface area contributed by atoms with E-state index in [1.54, 1.807) is 11.3 Å². The van der Waals surface area contributed by atoms with Crippen LogP contribution < -0.4 is 10.6 Å². The van der Waals surface area contributed by atoms with Gasteiger partial charge in [0.1, 0.15) is 0 Å². The lowest BCUT2D eigenvalue weighted by Gasteiger charge is -2.41. The summed E-state index contributed by atoms with van der Waals surface area (Å²) in [6.45, 7) is 14.7. The summed E-state index contributed by atoms with van der Waals surface area (Å²) in [7, 11) is 0. The van der Waals surface area contributed by atoms with Crippen LogP contribution in [0.15, 0.2) is 10.4 Å². The lowest BCUT2D eigenvalue weighted by atomic mass is 10.0. The van der Waals surface area contributed by atoms with Gasteiger partial charge in [0, 0.05) is 37.1 Å². The second-order valence-corrected chi connectivity index (χ2v) is 7.49. The molecule has 2 heterocycles. The van der Waals surface area contributed by atoms with Crippen LogP contribution in [0, 0.1) is 0 Å². The smallest absolute Gasteiger partial charge is 0.191 e. The van der Waals surface area contributed by atoms with E-state index in [1.165, 1.54) is 5.01 Å². The Morgan fingerprint density at radius 3 is 2.64 bits per heavy atom. The van der Waals surface area contributed by atoms with Crippen molar-refractivity contribution < 1.29 is 4.74 Å². The fourth-order valence-electron chi connectivity index (χ4n) is 2.67. The van der Waals surface area contributed by atoms with E-state index >= 15 is 0 Å². The molecule has 0 saturated carbocycles. The summed E-state index contributed by atoms with van der Waals surface area (Å²) in [4.78, 5) is 11.7. The monoisotopic (exact) mass is 481 g/mol. The first-order chi connectivity index (χ1) is 11.5. The van der Waals surface area contributed by atoms with Gasteiger partial charge in [-0.2, -0.15) is 0 Å². The van der Waals surface area contributed by atoms with Gasteiger partial charge in [-0.3, -0.25) is 4.90 Å². The van der Waals surface area contributed by atoms with Gasteiger partial charge < -0.3 is 15.4 Å². The first-order valence-electron chi connectivity index (χ1n) is 8.83. The van der Waals surface area contributed by atoms with Crippen molar-refractivity contribution in [2.45, 2.75) is 46.2 Å². The Kier molecular flexibility index (Phi) is 10.2. The number of nitrogens with one attached hydrogen (secondary N) is 2. The van der Waals surface area contributed by atoms with Gasteiger partial charge in [0.25, 0.3) is 0 Å². The number of aromatic nitrogens is 1. The van der Waals surface area contributed by atoms with E-state index in [4.69, 9.17) is 4.74 Å². The minimum atomic E-state index is 0. The van der Waals surface area contributed by atoms with Crippen molar-refractivity contribution >= 4 is 41.3 Å². The molecule has 1 aliphatic heterocycles. The molecule has 1 fully saturated rings. The van der Waals surface area contributed by atoms with Crippen molar-refractivity contribution in [2.75, 3.05) is 39.4 Å². The average Bonchev–Trinajstić information content (AvgIpc) is 3.06. The Labute approximate surface area is 172 Å². The van der Waals surface area contributed by atoms with Crippen molar-refractivity contribution in [3.63, 3.8) is 0 Å². The van der Waals surface area contributed by atoms with Crippen LogP contribution in [0.25, 0.3) is 0 Å². The zero-order chi connectivity index (χ0) is 17.4. The standard InChI is InChI=1S/C17H31N5OS.HI/c1-5-15-21-14(12-24-15)11-19-16(18-6-2)20-13-17(3,4)22-7-9-23-10-8-22;/h12H,5-11,13H2,1-4H3,(H2,18,19,20);1H. The van der Waals surface area contributed by atoms with Gasteiger partial charge >= 0.3 is 0 Å². The normalized spacial score (nSPS) is 16.4. The van der Waals surface area contributed by atoms with Gasteiger partial charge in [0.2, 0.25) is 0 Å². The molecule has 144 valence electrons. The molecular weight excluding hydrogens is 449 g/mol. The predicted molar refractivity (Wildman–Crippen MR) is 116 cm³/mol. The number of hydrogen-bond acceptors (Lipinski definition) is 5. The van der Waals surface area contributed by atoms with Crippen molar-refractivity contribution in [2.24, 2.45) is 4.99 Å². The molecule has 6 nitrogen and oxygen atoms in total. The third kappa shape index (κ3) is 7.36. The third-order valence-corrected chi connectivity index (χ3v) is 5.24. The molecule has 0 aliphatic carbocycles. The fraction of sp³-hybridized carbons (Fsp3) is 0.765. The van der Waals surface area contributed by atoms with E-state index < -0.39 is 0 Å². The highest BCUT2D eigenvalue weighted by Gasteiger charge is 2.28. The number of morpholine rings is 1. The maximum Gasteiger partial charge on any atom is 0.191 e. The molecule has 0 atom stereocenters. The Bertz CT molecular complexity index is 529. The van der Waals surface area contributed by atoms with E-state index in [0.717, 1.165) is 57.5 Å². The molecule has 0 bridgehead atoms. The summed E-state index contributed by atoms with van der Waals surface area (Å²) in [5.41, 5.74) is 1.11. The summed E-state index contributed by atoms with van der Waals surface area (Å²) in [6.07, 6.45) is 0.987. The van der Waals surface area contributed by atoms with Crippen LogP contribution in [0.1, 0.15) is 38.4 Å². The molecule has 0 spiro atoms. The Morgan fingerprint density at radius 2 is 2.04 bits per heavy atom. The Morgan fingerprint density at radius 1 is 1.32 bits per heavy atom. The van der Waals surface area contributed by atoms with Crippen LogP contribution in [-0.4, -0.2) is 60.8 Å². The summed E-state index contributed by atoms with van der Waals surface area (Å²) in [5.74, 6) is 0.852. The maximum absolute atomic E-state index is 5.45. The molecule has 8 heteroatoms. The van der Waals surface area contributed by atoms with Crippen molar-refractivity contribution in [3.8, 4) is 0 Å². The lowest BCUT2D eigenvalue weighted by molar-refractivity contribution is -0.00834. The molecule has 1 saturated heterocycles. The second kappa shape index (κ2) is 11.3. The Balaban J connectivity index is 0.00000312. The second-order valence-electron chi connectivity index (χ2n) is 6.55. The number of aryl methyl sites for hydroxylation is 1. The summed E-state index contributed by atoms with van der Waals surface area (Å²) >= 11 is 1.71.